The van der Waals surface area contributed by atoms with Gasteiger partial charge in [0, 0.05) is 13.0 Å². The van der Waals surface area contributed by atoms with Crippen LogP contribution in [0.3, 0.4) is 0 Å². The number of carbonyl (C=O) groups excluding carboxylic acids is 1. The van der Waals surface area contributed by atoms with Crippen LogP contribution in [-0.4, -0.2) is 24.6 Å². The molecular formula is C7H8F5NO. The lowest BCUT2D eigenvalue weighted by Crippen LogP contribution is -2.50. The van der Waals surface area contributed by atoms with Crippen LogP contribution in [-0.2, 0) is 4.79 Å². The summed E-state index contributed by atoms with van der Waals surface area (Å²) in [7, 11) is 0. The molecule has 0 bridgehead atoms. The summed E-state index contributed by atoms with van der Waals surface area (Å²) in [5.41, 5.74) is 0. The van der Waals surface area contributed by atoms with E-state index in [1.807, 2.05) is 5.32 Å². The van der Waals surface area contributed by atoms with Gasteiger partial charge in [-0.25, -0.2) is 0 Å². The monoisotopic (exact) mass is 217 g/mol. The first kappa shape index (κ1) is 11.2. The summed E-state index contributed by atoms with van der Waals surface area (Å²) < 4.78 is 60.9. The molecule has 7 heteroatoms. The summed E-state index contributed by atoms with van der Waals surface area (Å²) in [6.45, 7) is -0.620. The Labute approximate surface area is 76.5 Å². The first-order chi connectivity index (χ1) is 6.25. The van der Waals surface area contributed by atoms with Gasteiger partial charge in [0.2, 0.25) is 5.91 Å². The zero-order valence-corrected chi connectivity index (χ0v) is 7.00. The minimum Gasteiger partial charge on any atom is -0.356 e. The molecule has 1 N–H and O–H groups in total. The predicted molar refractivity (Wildman–Crippen MR) is 36.7 cm³/mol. The molecule has 1 saturated heterocycles. The van der Waals surface area contributed by atoms with E-state index in [1.165, 1.54) is 0 Å². The maximum Gasteiger partial charge on any atom is 0.453 e. The second kappa shape index (κ2) is 3.36. The fourth-order valence-corrected chi connectivity index (χ4v) is 1.27. The van der Waals surface area contributed by atoms with Gasteiger partial charge in [-0.2, -0.15) is 22.0 Å². The van der Waals surface area contributed by atoms with Gasteiger partial charge < -0.3 is 5.32 Å². The lowest BCUT2D eigenvalue weighted by molar-refractivity contribution is -0.303. The number of hydrogen-bond acceptors (Lipinski definition) is 1. The van der Waals surface area contributed by atoms with Gasteiger partial charge in [-0.15, -0.1) is 0 Å². The lowest BCUT2D eigenvalue weighted by Gasteiger charge is -2.31. The van der Waals surface area contributed by atoms with Gasteiger partial charge in [0.25, 0.3) is 0 Å². The SMILES string of the molecule is O=C1CCC(C(F)(F)C(F)(F)F)CN1. The Kier molecular flexibility index (Phi) is 2.69. The molecule has 1 heterocycles. The molecule has 0 aromatic rings. The third-order valence-electron chi connectivity index (χ3n) is 2.16. The molecule has 2 nitrogen and oxygen atoms in total. The highest BCUT2D eigenvalue weighted by Gasteiger charge is 2.62. The molecule has 1 aliphatic rings. The van der Waals surface area contributed by atoms with Crippen LogP contribution >= 0.6 is 0 Å². The van der Waals surface area contributed by atoms with Crippen molar-refractivity contribution in [3.05, 3.63) is 0 Å². The first-order valence-electron chi connectivity index (χ1n) is 3.96. The maximum atomic E-state index is 12.7. The predicted octanol–water partition coefficient (Wildman–Crippen LogP) is 1.71. The van der Waals surface area contributed by atoms with E-state index < -0.39 is 36.9 Å². The molecule has 0 aromatic carbocycles. The third-order valence-corrected chi connectivity index (χ3v) is 2.16. The fourth-order valence-electron chi connectivity index (χ4n) is 1.27. The number of alkyl halides is 5. The average Bonchev–Trinajstić information content (AvgIpc) is 2.03. The normalized spacial score (nSPS) is 24.6. The van der Waals surface area contributed by atoms with E-state index >= 15 is 0 Å². The van der Waals surface area contributed by atoms with Gasteiger partial charge in [-0.1, -0.05) is 0 Å². The number of nitrogens with one attached hydrogen (secondary N) is 1. The minimum absolute atomic E-state index is 0.281. The fraction of sp³-hybridized carbons (Fsp3) is 0.857. The largest absolute Gasteiger partial charge is 0.453 e. The van der Waals surface area contributed by atoms with E-state index in [0.29, 0.717) is 0 Å². The molecule has 1 unspecified atom stereocenters. The van der Waals surface area contributed by atoms with E-state index in [1.54, 1.807) is 0 Å². The Morgan fingerprint density at radius 3 is 2.14 bits per heavy atom. The summed E-state index contributed by atoms with van der Waals surface area (Å²) in [4.78, 5) is 10.5. The van der Waals surface area contributed by atoms with E-state index in [0.717, 1.165) is 0 Å². The van der Waals surface area contributed by atoms with Crippen LogP contribution in [0.25, 0.3) is 0 Å². The van der Waals surface area contributed by atoms with Crippen LogP contribution in [0.5, 0.6) is 0 Å². The third kappa shape index (κ3) is 1.96. The van der Waals surface area contributed by atoms with E-state index in [9.17, 15) is 26.7 Å². The number of rotatable bonds is 1. The standard InChI is InChI=1S/C7H8F5NO/c8-6(9,7(10,11)12)4-1-2-5(14)13-3-4/h4H,1-3H2,(H,13,14). The Morgan fingerprint density at radius 1 is 1.21 bits per heavy atom. The molecular weight excluding hydrogens is 209 g/mol. The lowest BCUT2D eigenvalue weighted by atomic mass is 9.92. The van der Waals surface area contributed by atoms with Gasteiger partial charge >= 0.3 is 12.1 Å². The van der Waals surface area contributed by atoms with E-state index in [-0.39, 0.29) is 6.42 Å². The molecule has 14 heavy (non-hydrogen) atoms. The number of hydrogen-bond donors (Lipinski definition) is 1. The Morgan fingerprint density at radius 2 is 1.79 bits per heavy atom. The number of carbonyl (C=O) groups is 1. The van der Waals surface area contributed by atoms with Crippen molar-refractivity contribution in [2.45, 2.75) is 24.9 Å². The van der Waals surface area contributed by atoms with Gasteiger partial charge in [0.05, 0.1) is 5.92 Å². The van der Waals surface area contributed by atoms with Crippen molar-refractivity contribution >= 4 is 5.91 Å². The molecule has 1 amide bonds. The van der Waals surface area contributed by atoms with Gasteiger partial charge in [-0.05, 0) is 6.42 Å². The van der Waals surface area contributed by atoms with Crippen molar-refractivity contribution < 1.29 is 26.7 Å². The topological polar surface area (TPSA) is 29.1 Å². The Hall–Kier alpha value is -0.880. The Bertz CT molecular complexity index is 227. The molecule has 1 aliphatic heterocycles. The van der Waals surface area contributed by atoms with Gasteiger partial charge in [0.1, 0.15) is 0 Å². The molecule has 82 valence electrons. The molecule has 0 radical (unpaired) electrons. The molecule has 1 atom stereocenters. The molecule has 0 spiro atoms. The van der Waals surface area contributed by atoms with Crippen molar-refractivity contribution in [2.75, 3.05) is 6.54 Å². The number of halogens is 5. The van der Waals surface area contributed by atoms with Crippen LogP contribution in [0, 0.1) is 5.92 Å². The number of amides is 1. The zero-order chi connectivity index (χ0) is 11.0. The van der Waals surface area contributed by atoms with Crippen molar-refractivity contribution in [3.8, 4) is 0 Å². The second-order valence-corrected chi connectivity index (χ2v) is 3.16. The molecule has 0 saturated carbocycles. The van der Waals surface area contributed by atoms with Crippen molar-refractivity contribution in [3.63, 3.8) is 0 Å². The Balaban J connectivity index is 2.69. The smallest absolute Gasteiger partial charge is 0.356 e. The number of piperidine rings is 1. The van der Waals surface area contributed by atoms with Crippen molar-refractivity contribution in [1.82, 2.24) is 5.32 Å². The maximum absolute atomic E-state index is 12.7. The van der Waals surface area contributed by atoms with E-state index in [4.69, 9.17) is 0 Å². The highest BCUT2D eigenvalue weighted by atomic mass is 19.4. The minimum atomic E-state index is -5.54. The zero-order valence-electron chi connectivity index (χ0n) is 7.00. The van der Waals surface area contributed by atoms with Gasteiger partial charge in [-0.3, -0.25) is 4.79 Å². The summed E-state index contributed by atoms with van der Waals surface area (Å²) in [6.07, 6.45) is -6.26. The summed E-state index contributed by atoms with van der Waals surface area (Å²) in [5, 5.41) is 1.99. The van der Waals surface area contributed by atoms with Crippen molar-refractivity contribution in [1.29, 1.82) is 0 Å². The quantitative estimate of drug-likeness (QED) is 0.665. The van der Waals surface area contributed by atoms with Crippen molar-refractivity contribution in [2.24, 2.45) is 5.92 Å². The van der Waals surface area contributed by atoms with Crippen LogP contribution in [0.15, 0.2) is 0 Å². The van der Waals surface area contributed by atoms with Crippen LogP contribution in [0.2, 0.25) is 0 Å². The molecule has 0 aromatic heterocycles. The van der Waals surface area contributed by atoms with Crippen LogP contribution in [0.1, 0.15) is 12.8 Å². The summed E-state index contributed by atoms with van der Waals surface area (Å²) >= 11 is 0. The van der Waals surface area contributed by atoms with Gasteiger partial charge in [0.15, 0.2) is 0 Å². The molecule has 1 rings (SSSR count). The average molecular weight is 217 g/mol. The molecule has 1 fully saturated rings. The first-order valence-corrected chi connectivity index (χ1v) is 3.96. The molecule has 0 aliphatic carbocycles. The summed E-state index contributed by atoms with van der Waals surface area (Å²) in [6, 6.07) is 0. The van der Waals surface area contributed by atoms with E-state index in [2.05, 4.69) is 0 Å². The highest BCUT2D eigenvalue weighted by molar-refractivity contribution is 5.76. The highest BCUT2D eigenvalue weighted by Crippen LogP contribution is 2.43. The van der Waals surface area contributed by atoms with Crippen LogP contribution in [0.4, 0.5) is 22.0 Å². The van der Waals surface area contributed by atoms with Crippen LogP contribution < -0.4 is 5.32 Å². The second-order valence-electron chi connectivity index (χ2n) is 3.16. The summed E-state index contributed by atoms with van der Waals surface area (Å²) in [5.74, 6) is -7.06.